The zero-order valence-electron chi connectivity index (χ0n) is 14.2. The van der Waals surface area contributed by atoms with E-state index in [-0.39, 0.29) is 16.8 Å². The zero-order valence-corrected chi connectivity index (χ0v) is 15.8. The van der Waals surface area contributed by atoms with Crippen LogP contribution in [0.15, 0.2) is 40.7 Å². The van der Waals surface area contributed by atoms with Crippen LogP contribution in [0.4, 0.5) is 11.4 Å². The van der Waals surface area contributed by atoms with Crippen molar-refractivity contribution in [3.63, 3.8) is 0 Å². The quantitative estimate of drug-likeness (QED) is 0.297. The Kier molecular flexibility index (Phi) is 5.38. The Hall–Kier alpha value is -2.98. The summed E-state index contributed by atoms with van der Waals surface area (Å²) in [4.78, 5) is 39.1. The summed E-state index contributed by atoms with van der Waals surface area (Å²) in [5, 5.41) is 13.8. The maximum absolute atomic E-state index is 12.5. The van der Waals surface area contributed by atoms with Crippen LogP contribution in [0.3, 0.4) is 0 Å². The van der Waals surface area contributed by atoms with Gasteiger partial charge in [-0.1, -0.05) is 11.8 Å². The Bertz CT molecular complexity index is 1060. The highest BCUT2D eigenvalue weighted by atomic mass is 32.2. The normalized spacial score (nSPS) is 10.6. The van der Waals surface area contributed by atoms with Crippen molar-refractivity contribution in [2.24, 2.45) is 0 Å². The molecule has 0 aliphatic heterocycles. The van der Waals surface area contributed by atoms with Gasteiger partial charge in [-0.25, -0.2) is 9.78 Å². The third-order valence-electron chi connectivity index (χ3n) is 3.61. The number of fused-ring (bicyclic) bond motifs is 1. The molecule has 1 aromatic heterocycles. The lowest BCUT2D eigenvalue weighted by Gasteiger charge is -2.07. The number of ether oxygens (including phenoxy) is 1. The maximum Gasteiger partial charge on any atom is 0.338 e. The largest absolute Gasteiger partial charge is 0.465 e. The zero-order chi connectivity index (χ0) is 19.6. The Morgan fingerprint density at radius 1 is 1.22 bits per heavy atom. The molecule has 27 heavy (non-hydrogen) atoms. The Morgan fingerprint density at radius 3 is 2.63 bits per heavy atom. The van der Waals surface area contributed by atoms with Crippen LogP contribution in [-0.2, 0) is 4.74 Å². The molecule has 1 heterocycles. The number of hydrogen-bond donors (Lipinski definition) is 1. The van der Waals surface area contributed by atoms with Crippen LogP contribution in [0, 0.1) is 10.1 Å². The molecule has 0 bridgehead atoms. The van der Waals surface area contributed by atoms with Crippen LogP contribution in [0.5, 0.6) is 0 Å². The molecule has 0 radical (unpaired) electrons. The number of nitrogens with one attached hydrogen (secondary N) is 1. The van der Waals surface area contributed by atoms with Crippen molar-refractivity contribution in [1.29, 1.82) is 0 Å². The summed E-state index contributed by atoms with van der Waals surface area (Å²) in [7, 11) is 1.16. The molecule has 1 N–H and O–H groups in total. The van der Waals surface area contributed by atoms with Gasteiger partial charge in [0.2, 0.25) is 0 Å². The molecule has 0 saturated heterocycles. The standard InChI is InChI=1S/C17H13N3O5S2/c1-25-16(22)10-5-9(6-12(7-10)20(23)24)15(21)18-11-3-4-13-14(8-11)27-17(19-13)26-2/h3-8H,1-2H3,(H,18,21). The smallest absolute Gasteiger partial charge is 0.338 e. The first-order valence-electron chi connectivity index (χ1n) is 7.55. The topological polar surface area (TPSA) is 111 Å². The van der Waals surface area contributed by atoms with E-state index >= 15 is 0 Å². The van der Waals surface area contributed by atoms with Crippen LogP contribution < -0.4 is 5.32 Å². The van der Waals surface area contributed by atoms with Gasteiger partial charge in [-0.2, -0.15) is 0 Å². The van der Waals surface area contributed by atoms with Crippen LogP contribution >= 0.6 is 23.1 Å². The molecule has 3 rings (SSSR count). The third kappa shape index (κ3) is 4.07. The summed E-state index contributed by atoms with van der Waals surface area (Å²) in [6, 6.07) is 8.69. The van der Waals surface area contributed by atoms with E-state index in [2.05, 4.69) is 15.0 Å². The van der Waals surface area contributed by atoms with Crippen LogP contribution in [0.25, 0.3) is 10.2 Å². The number of rotatable bonds is 5. The Balaban J connectivity index is 1.92. The van der Waals surface area contributed by atoms with Crippen molar-refractivity contribution in [3.8, 4) is 0 Å². The van der Waals surface area contributed by atoms with Crippen LogP contribution in [-0.4, -0.2) is 35.1 Å². The molecule has 0 atom stereocenters. The highest BCUT2D eigenvalue weighted by Gasteiger charge is 2.18. The van der Waals surface area contributed by atoms with Crippen molar-refractivity contribution in [1.82, 2.24) is 4.98 Å². The minimum atomic E-state index is -0.761. The molecule has 2 aromatic carbocycles. The predicted octanol–water partition coefficient (Wildman–Crippen LogP) is 3.97. The lowest BCUT2D eigenvalue weighted by molar-refractivity contribution is -0.384. The van der Waals surface area contributed by atoms with Crippen molar-refractivity contribution in [2.45, 2.75) is 4.34 Å². The summed E-state index contributed by atoms with van der Waals surface area (Å²) in [5.41, 5.74) is 0.893. The number of hydrogen-bond acceptors (Lipinski definition) is 8. The van der Waals surface area contributed by atoms with Crippen LogP contribution in [0.2, 0.25) is 0 Å². The molecule has 0 aliphatic rings. The summed E-state index contributed by atoms with van der Waals surface area (Å²) in [6.07, 6.45) is 1.93. The Morgan fingerprint density at radius 2 is 1.96 bits per heavy atom. The van der Waals surface area contributed by atoms with Crippen molar-refractivity contribution >= 4 is 56.6 Å². The van der Waals surface area contributed by atoms with E-state index in [9.17, 15) is 19.7 Å². The lowest BCUT2D eigenvalue weighted by Crippen LogP contribution is -2.14. The fraction of sp³-hybridized carbons (Fsp3) is 0.118. The minimum absolute atomic E-state index is 0.0150. The number of carbonyl (C=O) groups excluding carboxylic acids is 2. The number of methoxy groups -OCH3 is 1. The molecule has 8 nitrogen and oxygen atoms in total. The molecular weight excluding hydrogens is 390 g/mol. The number of anilines is 1. The molecule has 0 aliphatic carbocycles. The van der Waals surface area contributed by atoms with E-state index in [0.717, 1.165) is 33.8 Å². The van der Waals surface area contributed by atoms with Gasteiger partial charge in [-0.15, -0.1) is 11.3 Å². The number of nitro groups is 1. The van der Waals surface area contributed by atoms with E-state index in [1.165, 1.54) is 29.2 Å². The van der Waals surface area contributed by atoms with Gasteiger partial charge in [0.05, 0.1) is 27.8 Å². The number of esters is 1. The molecule has 0 spiro atoms. The van der Waals surface area contributed by atoms with Gasteiger partial charge >= 0.3 is 5.97 Å². The second kappa shape index (κ2) is 7.72. The summed E-state index contributed by atoms with van der Waals surface area (Å²) >= 11 is 3.03. The molecule has 10 heteroatoms. The number of thiazole rings is 1. The highest BCUT2D eigenvalue weighted by Crippen LogP contribution is 2.30. The predicted molar refractivity (Wildman–Crippen MR) is 104 cm³/mol. The second-order valence-electron chi connectivity index (χ2n) is 5.34. The average Bonchev–Trinajstić information content (AvgIpc) is 3.09. The highest BCUT2D eigenvalue weighted by molar-refractivity contribution is 8.00. The number of carbonyl (C=O) groups is 2. The van der Waals surface area contributed by atoms with E-state index in [0.29, 0.717) is 5.69 Å². The van der Waals surface area contributed by atoms with E-state index < -0.39 is 16.8 Å². The summed E-state index contributed by atoms with van der Waals surface area (Å²) < 4.78 is 6.41. The number of nitro benzene ring substituents is 1. The van der Waals surface area contributed by atoms with Gasteiger partial charge in [-0.05, 0) is 30.5 Å². The van der Waals surface area contributed by atoms with Gasteiger partial charge in [0.1, 0.15) is 0 Å². The first kappa shape index (κ1) is 18.8. The van der Waals surface area contributed by atoms with Crippen molar-refractivity contribution < 1.29 is 19.2 Å². The number of nitrogens with zero attached hydrogens (tertiary/aromatic N) is 2. The minimum Gasteiger partial charge on any atom is -0.465 e. The first-order chi connectivity index (χ1) is 12.9. The molecule has 138 valence electrons. The van der Waals surface area contributed by atoms with Crippen LogP contribution in [0.1, 0.15) is 20.7 Å². The number of amides is 1. The van der Waals surface area contributed by atoms with E-state index in [1.807, 2.05) is 6.26 Å². The first-order valence-corrected chi connectivity index (χ1v) is 9.59. The van der Waals surface area contributed by atoms with Gasteiger partial charge in [0.25, 0.3) is 11.6 Å². The average molecular weight is 403 g/mol. The summed E-state index contributed by atoms with van der Waals surface area (Å²) in [6.45, 7) is 0. The fourth-order valence-corrected chi connectivity index (χ4v) is 3.88. The third-order valence-corrected chi connectivity index (χ3v) is 5.62. The van der Waals surface area contributed by atoms with Crippen molar-refractivity contribution in [3.05, 3.63) is 57.6 Å². The Labute approximate surface area is 161 Å². The molecule has 3 aromatic rings. The van der Waals surface area contributed by atoms with E-state index in [4.69, 9.17) is 0 Å². The molecule has 0 unspecified atom stereocenters. The second-order valence-corrected chi connectivity index (χ2v) is 7.42. The van der Waals surface area contributed by atoms with Gasteiger partial charge in [-0.3, -0.25) is 14.9 Å². The number of non-ortho nitro benzene ring substituents is 1. The molecular formula is C17H13N3O5S2. The van der Waals surface area contributed by atoms with Gasteiger partial charge < -0.3 is 10.1 Å². The van der Waals surface area contributed by atoms with Gasteiger partial charge in [0.15, 0.2) is 4.34 Å². The number of benzene rings is 2. The monoisotopic (exact) mass is 403 g/mol. The fourth-order valence-electron chi connectivity index (χ4n) is 2.36. The van der Waals surface area contributed by atoms with E-state index in [1.54, 1.807) is 18.2 Å². The number of aromatic nitrogens is 1. The SMILES string of the molecule is COC(=O)c1cc(C(=O)Nc2ccc3nc(SC)sc3c2)cc([N+](=O)[O-])c1. The maximum atomic E-state index is 12.5. The lowest BCUT2D eigenvalue weighted by atomic mass is 10.1. The van der Waals surface area contributed by atoms with Gasteiger partial charge in [0, 0.05) is 23.4 Å². The molecule has 0 saturated carbocycles. The van der Waals surface area contributed by atoms with Crippen molar-refractivity contribution in [2.75, 3.05) is 18.7 Å². The number of thioether (sulfide) groups is 1. The summed E-state index contributed by atoms with van der Waals surface area (Å²) in [5.74, 6) is -1.33. The molecule has 1 amide bonds. The molecule has 0 fully saturated rings.